The molecule has 5 heterocycles. The Morgan fingerprint density at radius 1 is 1.33 bits per heavy atom. The molecule has 0 saturated carbocycles. The zero-order chi connectivity index (χ0) is 20.7. The molecule has 1 saturated heterocycles. The summed E-state index contributed by atoms with van der Waals surface area (Å²) in [6.07, 6.45) is 0.888. The van der Waals surface area contributed by atoms with Crippen LogP contribution in [-0.2, 0) is 17.9 Å². The van der Waals surface area contributed by atoms with Crippen molar-refractivity contribution in [1.29, 1.82) is 0 Å². The summed E-state index contributed by atoms with van der Waals surface area (Å²) in [6.45, 7) is 4.32. The van der Waals surface area contributed by atoms with Crippen LogP contribution in [0.25, 0.3) is 0 Å². The van der Waals surface area contributed by atoms with E-state index in [0.29, 0.717) is 31.3 Å². The third-order valence-corrected chi connectivity index (χ3v) is 6.70. The van der Waals surface area contributed by atoms with Gasteiger partial charge < -0.3 is 9.84 Å². The van der Waals surface area contributed by atoms with E-state index in [1.165, 1.54) is 0 Å². The first kappa shape index (κ1) is 19.2. The number of carbonyl (C=O) groups is 1. The van der Waals surface area contributed by atoms with Crippen LogP contribution >= 0.6 is 11.3 Å². The van der Waals surface area contributed by atoms with Crippen molar-refractivity contribution in [3.8, 4) is 0 Å². The van der Waals surface area contributed by atoms with Crippen molar-refractivity contribution in [2.45, 2.75) is 38.4 Å². The maximum atomic E-state index is 13.2. The van der Waals surface area contributed by atoms with Crippen molar-refractivity contribution in [2.75, 3.05) is 13.1 Å². The maximum absolute atomic E-state index is 13.2. The Labute approximate surface area is 177 Å². The second-order valence-corrected chi connectivity index (χ2v) is 8.86. The van der Waals surface area contributed by atoms with Crippen LogP contribution < -0.4 is 10.9 Å². The number of nitrogens with zero attached hydrogens (tertiary/aromatic N) is 4. The van der Waals surface area contributed by atoms with E-state index >= 15 is 0 Å². The van der Waals surface area contributed by atoms with E-state index in [0.717, 1.165) is 24.2 Å². The highest BCUT2D eigenvalue weighted by molar-refractivity contribution is 7.07. The lowest BCUT2D eigenvalue weighted by molar-refractivity contribution is -0.128. The minimum Gasteiger partial charge on any atom is -0.350 e. The number of hydrogen-bond acceptors (Lipinski definition) is 7. The Kier molecular flexibility index (Phi) is 5.00. The van der Waals surface area contributed by atoms with E-state index < -0.39 is 6.04 Å². The number of thiophene rings is 1. The molecule has 3 aromatic rings. The topological polar surface area (TPSA) is 93.3 Å². The third kappa shape index (κ3) is 3.59. The van der Waals surface area contributed by atoms with E-state index in [2.05, 4.69) is 20.4 Å². The molecule has 0 aromatic carbocycles. The van der Waals surface area contributed by atoms with Crippen molar-refractivity contribution in [1.82, 2.24) is 24.9 Å². The van der Waals surface area contributed by atoms with Crippen LogP contribution in [0.1, 0.15) is 41.4 Å². The van der Waals surface area contributed by atoms with Crippen LogP contribution in [0, 0.1) is 12.8 Å². The first-order valence-electron chi connectivity index (χ1n) is 10.1. The number of likely N-dealkylation sites (tertiary alicyclic amines) is 1. The Bertz CT molecular complexity index is 1110. The number of aryl methyl sites for hydroxylation is 1. The van der Waals surface area contributed by atoms with Crippen LogP contribution in [0.3, 0.4) is 0 Å². The first-order valence-corrected chi connectivity index (χ1v) is 11.0. The average molecular weight is 426 g/mol. The molecule has 1 amide bonds. The molecule has 2 aliphatic rings. The predicted octanol–water partition coefficient (Wildman–Crippen LogP) is 2.08. The lowest BCUT2D eigenvalue weighted by Gasteiger charge is -2.46. The van der Waals surface area contributed by atoms with Crippen LogP contribution in [0.4, 0.5) is 0 Å². The lowest BCUT2D eigenvalue weighted by atomic mass is 9.78. The molecule has 1 fully saturated rings. The van der Waals surface area contributed by atoms with E-state index in [1.807, 2.05) is 22.9 Å². The quantitative estimate of drug-likeness (QED) is 0.673. The Morgan fingerprint density at radius 2 is 2.23 bits per heavy atom. The third-order valence-electron chi connectivity index (χ3n) is 5.97. The minimum atomic E-state index is -0.518. The summed E-state index contributed by atoms with van der Waals surface area (Å²) < 4.78 is 7.01. The lowest BCUT2D eigenvalue weighted by Crippen LogP contribution is -2.53. The molecule has 0 unspecified atom stereocenters. The van der Waals surface area contributed by atoms with Crippen LogP contribution in [0.5, 0.6) is 0 Å². The highest BCUT2D eigenvalue weighted by Gasteiger charge is 2.43. The van der Waals surface area contributed by atoms with E-state index in [9.17, 15) is 9.59 Å². The molecule has 30 heavy (non-hydrogen) atoms. The van der Waals surface area contributed by atoms with Crippen molar-refractivity contribution in [2.24, 2.45) is 5.92 Å². The molecule has 0 spiro atoms. The van der Waals surface area contributed by atoms with E-state index in [-0.39, 0.29) is 23.3 Å². The van der Waals surface area contributed by atoms with Gasteiger partial charge in [-0.2, -0.15) is 16.3 Å². The van der Waals surface area contributed by atoms with Gasteiger partial charge in [-0.25, -0.2) is 0 Å². The number of carbonyl (C=O) groups excluding carboxylic acids is 1. The summed E-state index contributed by atoms with van der Waals surface area (Å²) in [5.74, 6) is 1.33. The van der Waals surface area contributed by atoms with Gasteiger partial charge in [0.2, 0.25) is 11.8 Å². The molecule has 2 aliphatic heterocycles. The highest BCUT2D eigenvalue weighted by atomic mass is 32.1. The van der Waals surface area contributed by atoms with Crippen molar-refractivity contribution in [3.63, 3.8) is 0 Å². The van der Waals surface area contributed by atoms with Gasteiger partial charge in [-0.1, -0.05) is 11.2 Å². The molecule has 0 aliphatic carbocycles. The number of fused-ring (bicyclic) bond motifs is 4. The summed E-state index contributed by atoms with van der Waals surface area (Å²) in [5.41, 5.74) is 1.89. The number of aromatic nitrogens is 3. The second-order valence-electron chi connectivity index (χ2n) is 8.08. The molecule has 5 rings (SSSR count). The van der Waals surface area contributed by atoms with Crippen LogP contribution in [-0.4, -0.2) is 38.6 Å². The monoisotopic (exact) mass is 425 g/mol. The average Bonchev–Trinajstić information content (AvgIpc) is 3.39. The predicted molar refractivity (Wildman–Crippen MR) is 111 cm³/mol. The fourth-order valence-corrected chi connectivity index (χ4v) is 5.45. The van der Waals surface area contributed by atoms with Gasteiger partial charge in [0.25, 0.3) is 5.56 Å². The number of hydrogen-bond donors (Lipinski definition) is 1. The van der Waals surface area contributed by atoms with E-state index in [1.54, 1.807) is 35.0 Å². The number of nitrogens with one attached hydrogen (secondary N) is 1. The van der Waals surface area contributed by atoms with Crippen molar-refractivity contribution in [3.05, 3.63) is 68.4 Å². The standard InChI is InChI=1S/C21H23N5O3S/c1-13-23-18(29-24-13)11-25-9-15-7-16(10-25)20(26-17(15)3-2-4-19(26)27)21(28)22-8-14-5-6-30-12-14/h2-6,12,15-16,20H,7-11H2,1H3,(H,22,28)/t15-,16+,20+/m0/s1. The molecule has 156 valence electrons. The molecule has 1 N–H and O–H groups in total. The first-order chi connectivity index (χ1) is 14.6. The Hall–Kier alpha value is -2.78. The van der Waals surface area contributed by atoms with Gasteiger partial charge in [0, 0.05) is 43.2 Å². The number of amides is 1. The van der Waals surface area contributed by atoms with Crippen LogP contribution in [0.2, 0.25) is 0 Å². The number of piperidine rings is 1. The molecule has 8 nitrogen and oxygen atoms in total. The molecule has 0 radical (unpaired) electrons. The molecule has 2 bridgehead atoms. The van der Waals surface area contributed by atoms with Gasteiger partial charge in [-0.05, 0) is 41.8 Å². The highest BCUT2D eigenvalue weighted by Crippen LogP contribution is 2.41. The van der Waals surface area contributed by atoms with E-state index in [4.69, 9.17) is 4.52 Å². The largest absolute Gasteiger partial charge is 0.350 e. The van der Waals surface area contributed by atoms with Crippen LogP contribution in [0.15, 0.2) is 44.3 Å². The fraction of sp³-hybridized carbons (Fsp3) is 0.429. The van der Waals surface area contributed by atoms with Gasteiger partial charge in [0.1, 0.15) is 6.04 Å². The molecule has 9 heteroatoms. The summed E-state index contributed by atoms with van der Waals surface area (Å²) in [4.78, 5) is 32.6. The second kappa shape index (κ2) is 7.81. The summed E-state index contributed by atoms with van der Waals surface area (Å²) in [5, 5.41) is 10.9. The zero-order valence-corrected chi connectivity index (χ0v) is 17.5. The number of rotatable bonds is 5. The summed E-state index contributed by atoms with van der Waals surface area (Å²) in [6, 6.07) is 6.78. The van der Waals surface area contributed by atoms with Crippen molar-refractivity contribution < 1.29 is 9.32 Å². The van der Waals surface area contributed by atoms with Gasteiger partial charge >= 0.3 is 0 Å². The Morgan fingerprint density at radius 3 is 3.00 bits per heavy atom. The summed E-state index contributed by atoms with van der Waals surface area (Å²) >= 11 is 1.60. The fourth-order valence-electron chi connectivity index (χ4n) is 4.78. The SMILES string of the molecule is Cc1noc(CN2C[C@@H]3C[C@H](C2)[C@H](C(=O)NCc2ccsc2)n2c3cccc2=O)n1. The molecular weight excluding hydrogens is 402 g/mol. The van der Waals surface area contributed by atoms with Crippen molar-refractivity contribution >= 4 is 17.2 Å². The molecule has 3 atom stereocenters. The Balaban J connectivity index is 1.43. The smallest absolute Gasteiger partial charge is 0.251 e. The van der Waals surface area contributed by atoms with Gasteiger partial charge in [-0.3, -0.25) is 19.1 Å². The normalized spacial score (nSPS) is 23.2. The molecule has 3 aromatic heterocycles. The zero-order valence-electron chi connectivity index (χ0n) is 16.7. The summed E-state index contributed by atoms with van der Waals surface area (Å²) in [7, 11) is 0. The maximum Gasteiger partial charge on any atom is 0.251 e. The minimum absolute atomic E-state index is 0.0443. The number of pyridine rings is 1. The van der Waals surface area contributed by atoms with Gasteiger partial charge in [0.05, 0.1) is 6.54 Å². The van der Waals surface area contributed by atoms with Gasteiger partial charge in [-0.15, -0.1) is 0 Å². The molecular formula is C21H23N5O3S. The van der Waals surface area contributed by atoms with Gasteiger partial charge in [0.15, 0.2) is 5.82 Å².